The number of rotatable bonds is 3. The molecule has 1 aliphatic heterocycles. The summed E-state index contributed by atoms with van der Waals surface area (Å²) in [6, 6.07) is 2.20. The minimum Gasteiger partial charge on any atom is -0.362 e. The molecule has 0 amide bonds. The first-order chi connectivity index (χ1) is 7.11. The van der Waals surface area contributed by atoms with Crippen LogP contribution in [-0.2, 0) is 0 Å². The van der Waals surface area contributed by atoms with Crippen LogP contribution in [0.3, 0.4) is 0 Å². The van der Waals surface area contributed by atoms with Crippen LogP contribution in [0, 0.1) is 17.2 Å². The van der Waals surface area contributed by atoms with Crippen molar-refractivity contribution in [1.29, 1.82) is 5.26 Å². The summed E-state index contributed by atoms with van der Waals surface area (Å²) >= 11 is 0. The number of hydrogen-bond acceptors (Lipinski definition) is 2. The van der Waals surface area contributed by atoms with Crippen LogP contribution >= 0.6 is 0 Å². The zero-order chi connectivity index (χ0) is 11.4. The molecule has 1 atom stereocenters. The van der Waals surface area contributed by atoms with Gasteiger partial charge in [-0.25, -0.2) is 0 Å². The summed E-state index contributed by atoms with van der Waals surface area (Å²) in [5.74, 6) is 0.523. The number of nitrogens with zero attached hydrogens (tertiary/aromatic N) is 1. The van der Waals surface area contributed by atoms with Crippen LogP contribution in [0.2, 0.25) is 0 Å². The summed E-state index contributed by atoms with van der Waals surface area (Å²) in [4.78, 5) is 0. The second-order valence-electron chi connectivity index (χ2n) is 4.18. The van der Waals surface area contributed by atoms with E-state index in [0.717, 1.165) is 12.8 Å². The quantitative estimate of drug-likeness (QED) is 0.764. The van der Waals surface area contributed by atoms with E-state index in [1.807, 2.05) is 0 Å². The highest BCUT2D eigenvalue weighted by Crippen LogP contribution is 2.30. The molecular weight excluding hydrogens is 184 g/mol. The number of nitriles is 1. The number of nitrogens with one attached hydrogen (secondary N) is 1. The predicted octanol–water partition coefficient (Wildman–Crippen LogP) is 3.49. The van der Waals surface area contributed by atoms with Gasteiger partial charge in [0.1, 0.15) is 0 Å². The van der Waals surface area contributed by atoms with Gasteiger partial charge in [-0.1, -0.05) is 13.8 Å². The van der Waals surface area contributed by atoms with Crippen molar-refractivity contribution in [1.82, 2.24) is 5.32 Å². The Kier molecular flexibility index (Phi) is 3.96. The van der Waals surface area contributed by atoms with Crippen molar-refractivity contribution in [3.8, 4) is 6.07 Å². The van der Waals surface area contributed by atoms with Crippen molar-refractivity contribution in [2.45, 2.75) is 47.0 Å². The molecule has 0 aromatic heterocycles. The fourth-order valence-corrected chi connectivity index (χ4v) is 2.03. The third-order valence-corrected chi connectivity index (χ3v) is 3.39. The Balaban J connectivity index is 2.87. The third-order valence-electron chi connectivity index (χ3n) is 3.39. The lowest BCUT2D eigenvalue weighted by Gasteiger charge is -2.29. The van der Waals surface area contributed by atoms with Crippen molar-refractivity contribution >= 4 is 0 Å². The molecule has 82 valence electrons. The summed E-state index contributed by atoms with van der Waals surface area (Å²) in [5, 5.41) is 12.1. The first-order valence-corrected chi connectivity index (χ1v) is 5.65. The Morgan fingerprint density at radius 1 is 1.27 bits per heavy atom. The molecule has 0 bridgehead atoms. The normalized spacial score (nSPS) is 21.4. The molecule has 0 saturated carbocycles. The Hall–Kier alpha value is -1.23. The van der Waals surface area contributed by atoms with Gasteiger partial charge in [-0.3, -0.25) is 0 Å². The molecule has 2 heteroatoms. The maximum absolute atomic E-state index is 8.61. The number of allylic oxidation sites excluding steroid dienone is 4. The summed E-state index contributed by atoms with van der Waals surface area (Å²) in [7, 11) is 0. The van der Waals surface area contributed by atoms with Crippen LogP contribution in [0.4, 0.5) is 0 Å². The fraction of sp³-hybridized carbons (Fsp3) is 0.615. The van der Waals surface area contributed by atoms with Crippen LogP contribution in [0.15, 0.2) is 22.5 Å². The molecule has 0 radical (unpaired) electrons. The van der Waals surface area contributed by atoms with Gasteiger partial charge >= 0.3 is 0 Å². The molecule has 15 heavy (non-hydrogen) atoms. The molecule has 2 nitrogen and oxygen atoms in total. The van der Waals surface area contributed by atoms with Gasteiger partial charge in [-0.2, -0.15) is 5.26 Å². The first-order valence-electron chi connectivity index (χ1n) is 5.65. The molecule has 0 fully saturated rings. The molecule has 1 N–H and O–H groups in total. The molecule has 0 aromatic carbocycles. The van der Waals surface area contributed by atoms with Crippen molar-refractivity contribution < 1.29 is 0 Å². The van der Waals surface area contributed by atoms with E-state index in [4.69, 9.17) is 5.26 Å². The Morgan fingerprint density at radius 3 is 2.40 bits per heavy atom. The Labute approximate surface area is 92.7 Å². The zero-order valence-electron chi connectivity index (χ0n) is 10.1. The van der Waals surface area contributed by atoms with Crippen molar-refractivity contribution in [2.75, 3.05) is 0 Å². The van der Waals surface area contributed by atoms with E-state index in [9.17, 15) is 0 Å². The molecule has 1 rings (SSSR count). The van der Waals surface area contributed by atoms with E-state index in [1.165, 1.54) is 22.5 Å². The van der Waals surface area contributed by atoms with Gasteiger partial charge in [0.25, 0.3) is 0 Å². The van der Waals surface area contributed by atoms with Crippen LogP contribution in [0.25, 0.3) is 0 Å². The third kappa shape index (κ3) is 2.41. The van der Waals surface area contributed by atoms with Crippen LogP contribution in [0.5, 0.6) is 0 Å². The highest BCUT2D eigenvalue weighted by molar-refractivity contribution is 5.33. The SMILES string of the molecule is CCC1=C(C)C(C)C(C)=C(CCC#N)N1. The van der Waals surface area contributed by atoms with E-state index in [0.29, 0.717) is 12.3 Å². The lowest BCUT2D eigenvalue weighted by Crippen LogP contribution is -2.24. The van der Waals surface area contributed by atoms with E-state index >= 15 is 0 Å². The molecule has 1 heterocycles. The lowest BCUT2D eigenvalue weighted by molar-refractivity contribution is 0.660. The zero-order valence-corrected chi connectivity index (χ0v) is 10.1. The molecule has 0 aliphatic carbocycles. The van der Waals surface area contributed by atoms with Gasteiger partial charge in [0.05, 0.1) is 6.07 Å². The second kappa shape index (κ2) is 5.02. The Bertz CT molecular complexity index is 342. The highest BCUT2D eigenvalue weighted by Gasteiger charge is 2.20. The van der Waals surface area contributed by atoms with Crippen LogP contribution in [-0.4, -0.2) is 0 Å². The largest absolute Gasteiger partial charge is 0.362 e. The van der Waals surface area contributed by atoms with E-state index in [2.05, 4.69) is 39.1 Å². The van der Waals surface area contributed by atoms with Crippen LogP contribution < -0.4 is 5.32 Å². The average Bonchev–Trinajstić information content (AvgIpc) is 2.25. The van der Waals surface area contributed by atoms with Crippen molar-refractivity contribution in [3.63, 3.8) is 0 Å². The van der Waals surface area contributed by atoms with E-state index < -0.39 is 0 Å². The van der Waals surface area contributed by atoms with E-state index in [1.54, 1.807) is 0 Å². The summed E-state index contributed by atoms with van der Waals surface area (Å²) in [5.41, 5.74) is 5.42. The topological polar surface area (TPSA) is 35.8 Å². The second-order valence-corrected chi connectivity index (χ2v) is 4.18. The molecule has 0 spiro atoms. The maximum atomic E-state index is 8.61. The monoisotopic (exact) mass is 204 g/mol. The molecule has 0 aromatic rings. The minimum absolute atomic E-state index is 0.523. The maximum Gasteiger partial charge on any atom is 0.0625 e. The first kappa shape index (κ1) is 11.8. The van der Waals surface area contributed by atoms with Gasteiger partial charge < -0.3 is 5.32 Å². The van der Waals surface area contributed by atoms with Gasteiger partial charge in [0, 0.05) is 30.2 Å². The van der Waals surface area contributed by atoms with Gasteiger partial charge in [-0.15, -0.1) is 0 Å². The summed E-state index contributed by atoms with van der Waals surface area (Å²) < 4.78 is 0. The van der Waals surface area contributed by atoms with Crippen molar-refractivity contribution in [3.05, 3.63) is 22.5 Å². The summed E-state index contributed by atoms with van der Waals surface area (Å²) in [6.45, 7) is 8.77. The molecule has 1 aliphatic rings. The molecule has 1 unspecified atom stereocenters. The number of dihydropyridines is 1. The van der Waals surface area contributed by atoms with Crippen molar-refractivity contribution in [2.24, 2.45) is 5.92 Å². The van der Waals surface area contributed by atoms with E-state index in [-0.39, 0.29) is 0 Å². The molecular formula is C13H20N2. The van der Waals surface area contributed by atoms with Gasteiger partial charge in [0.15, 0.2) is 0 Å². The predicted molar refractivity (Wildman–Crippen MR) is 62.8 cm³/mol. The molecule has 0 saturated heterocycles. The van der Waals surface area contributed by atoms with Gasteiger partial charge in [-0.05, 0) is 31.4 Å². The van der Waals surface area contributed by atoms with Crippen LogP contribution in [0.1, 0.15) is 47.0 Å². The Morgan fingerprint density at radius 2 is 1.87 bits per heavy atom. The fourth-order valence-electron chi connectivity index (χ4n) is 2.03. The smallest absolute Gasteiger partial charge is 0.0625 e. The standard InChI is InChI=1S/C13H20N2/c1-5-12-10(3)9(2)11(4)13(15-12)7-6-8-14/h9,15H,5-7H2,1-4H3. The minimum atomic E-state index is 0.523. The van der Waals surface area contributed by atoms with Gasteiger partial charge in [0.2, 0.25) is 0 Å². The highest BCUT2D eigenvalue weighted by atomic mass is 14.9. The number of hydrogen-bond donors (Lipinski definition) is 1. The summed E-state index contributed by atoms with van der Waals surface area (Å²) in [6.07, 6.45) is 2.49. The average molecular weight is 204 g/mol. The lowest BCUT2D eigenvalue weighted by atomic mass is 9.87.